The summed E-state index contributed by atoms with van der Waals surface area (Å²) in [7, 11) is 1.29. The summed E-state index contributed by atoms with van der Waals surface area (Å²) in [4.78, 5) is 30.9. The van der Waals surface area contributed by atoms with E-state index < -0.39 is 17.2 Å². The van der Waals surface area contributed by atoms with Crippen LogP contribution < -0.4 is 0 Å². The van der Waals surface area contributed by atoms with Crippen LogP contribution in [0.4, 0.5) is 0 Å². The van der Waals surface area contributed by atoms with Gasteiger partial charge < -0.3 is 0 Å². The molecule has 164 valence electrons. The van der Waals surface area contributed by atoms with Crippen molar-refractivity contribution in [2.45, 2.75) is 38.9 Å². The highest BCUT2D eigenvalue weighted by molar-refractivity contribution is 5.88. The maximum Gasteiger partial charge on any atom is 0.373 e. The summed E-state index contributed by atoms with van der Waals surface area (Å²) < 4.78 is 0. The topological polar surface area (TPSA) is 54.0 Å². The Bertz CT molecular complexity index is 855. The molecule has 3 rings (SSSR count). The molecule has 0 amide bonds. The molecule has 0 aliphatic carbocycles. The molecule has 5 nitrogen and oxygen atoms in total. The van der Waals surface area contributed by atoms with Crippen LogP contribution in [0.1, 0.15) is 49.2 Å². The van der Waals surface area contributed by atoms with Gasteiger partial charge >= 0.3 is 5.97 Å². The van der Waals surface area contributed by atoms with E-state index in [1.54, 1.807) is 24.3 Å². The van der Waals surface area contributed by atoms with Gasteiger partial charge in [0.05, 0.1) is 12.7 Å². The summed E-state index contributed by atoms with van der Waals surface area (Å²) in [5.74, 6) is -0.479. The summed E-state index contributed by atoms with van der Waals surface area (Å²) in [5.41, 5.74) is 1.67. The minimum absolute atomic E-state index is 0.479. The van der Waals surface area contributed by atoms with E-state index >= 15 is 0 Å². The van der Waals surface area contributed by atoms with Crippen molar-refractivity contribution >= 4 is 5.97 Å². The predicted molar refractivity (Wildman–Crippen MR) is 120 cm³/mol. The summed E-state index contributed by atoms with van der Waals surface area (Å²) in [6.07, 6.45) is 0. The Hall–Kier alpha value is -2.99. The Labute approximate surface area is 184 Å². The van der Waals surface area contributed by atoms with Gasteiger partial charge in [0.1, 0.15) is 11.2 Å². The number of hydrogen-bond acceptors (Lipinski definition) is 5. The molecule has 0 atom stereocenters. The summed E-state index contributed by atoms with van der Waals surface area (Å²) in [6.45, 7) is 8.01. The van der Waals surface area contributed by atoms with Gasteiger partial charge in [-0.05, 0) is 51.0 Å². The molecule has 0 unspecified atom stereocenters. The molecular formula is C26H30O5. The lowest BCUT2D eigenvalue weighted by Crippen LogP contribution is -2.29. The third kappa shape index (κ3) is 7.64. The van der Waals surface area contributed by atoms with Crippen LogP contribution in [0.3, 0.4) is 0 Å². The molecule has 5 heteroatoms. The zero-order chi connectivity index (χ0) is 22.7. The number of carbonyl (C=O) groups excluding carboxylic acids is 1. The van der Waals surface area contributed by atoms with Crippen molar-refractivity contribution in [3.05, 3.63) is 108 Å². The zero-order valence-corrected chi connectivity index (χ0v) is 18.7. The first-order chi connectivity index (χ1) is 14.8. The molecular weight excluding hydrogens is 392 g/mol. The molecule has 0 aliphatic rings. The molecule has 0 spiro atoms. The van der Waals surface area contributed by atoms with E-state index in [1.807, 2.05) is 94.4 Å². The Morgan fingerprint density at radius 3 is 1.32 bits per heavy atom. The van der Waals surface area contributed by atoms with Crippen molar-refractivity contribution in [1.29, 1.82) is 0 Å². The SMILES string of the molecule is CC(C)(OOC(C)(C)c1ccccc1)c1ccccc1.COOC(=O)c1ccccc1. The van der Waals surface area contributed by atoms with Crippen LogP contribution in [0.25, 0.3) is 0 Å². The minimum atomic E-state index is -0.493. The Morgan fingerprint density at radius 2 is 0.968 bits per heavy atom. The van der Waals surface area contributed by atoms with E-state index in [2.05, 4.69) is 9.78 Å². The molecule has 3 aromatic carbocycles. The van der Waals surface area contributed by atoms with Crippen LogP contribution >= 0.6 is 0 Å². The van der Waals surface area contributed by atoms with Crippen LogP contribution in [0.5, 0.6) is 0 Å². The van der Waals surface area contributed by atoms with Crippen molar-refractivity contribution in [1.82, 2.24) is 0 Å². The van der Waals surface area contributed by atoms with Gasteiger partial charge in [-0.1, -0.05) is 78.9 Å². The Balaban J connectivity index is 0.000000262. The van der Waals surface area contributed by atoms with E-state index in [-0.39, 0.29) is 0 Å². The van der Waals surface area contributed by atoms with Gasteiger partial charge in [0, 0.05) is 0 Å². The van der Waals surface area contributed by atoms with E-state index in [0.29, 0.717) is 5.56 Å². The van der Waals surface area contributed by atoms with Crippen molar-refractivity contribution in [2.24, 2.45) is 0 Å². The maximum atomic E-state index is 10.9. The summed E-state index contributed by atoms with van der Waals surface area (Å²) in [5, 5.41) is 0. The van der Waals surface area contributed by atoms with Gasteiger partial charge in [-0.2, -0.15) is 4.89 Å². The van der Waals surface area contributed by atoms with Crippen molar-refractivity contribution < 1.29 is 24.3 Å². The highest BCUT2D eigenvalue weighted by Gasteiger charge is 2.29. The first-order valence-corrected chi connectivity index (χ1v) is 10.0. The van der Waals surface area contributed by atoms with Crippen LogP contribution in [0.15, 0.2) is 91.0 Å². The normalized spacial score (nSPS) is 11.3. The average molecular weight is 423 g/mol. The Kier molecular flexibility index (Phi) is 8.94. The van der Waals surface area contributed by atoms with Crippen molar-refractivity contribution in [2.75, 3.05) is 7.11 Å². The second-order valence-corrected chi connectivity index (χ2v) is 7.82. The van der Waals surface area contributed by atoms with Gasteiger partial charge in [-0.3, -0.25) is 4.89 Å². The van der Waals surface area contributed by atoms with Crippen molar-refractivity contribution in [3.63, 3.8) is 0 Å². The molecule has 0 radical (unpaired) electrons. The maximum absolute atomic E-state index is 10.9. The fraction of sp³-hybridized carbons (Fsp3) is 0.269. The van der Waals surface area contributed by atoms with Crippen LogP contribution in [-0.2, 0) is 30.8 Å². The Morgan fingerprint density at radius 1 is 0.613 bits per heavy atom. The van der Waals surface area contributed by atoms with Gasteiger partial charge in [0.2, 0.25) is 0 Å². The molecule has 0 aromatic heterocycles. The number of hydrogen-bond donors (Lipinski definition) is 0. The molecule has 0 saturated heterocycles. The van der Waals surface area contributed by atoms with Crippen molar-refractivity contribution in [3.8, 4) is 0 Å². The fourth-order valence-corrected chi connectivity index (χ4v) is 2.68. The van der Waals surface area contributed by atoms with Gasteiger partial charge in [0.15, 0.2) is 0 Å². The largest absolute Gasteiger partial charge is 0.373 e. The molecule has 0 bridgehead atoms. The summed E-state index contributed by atoms with van der Waals surface area (Å²) in [6, 6.07) is 28.8. The average Bonchev–Trinajstić information content (AvgIpc) is 2.80. The lowest BCUT2D eigenvalue weighted by atomic mass is 9.98. The lowest BCUT2D eigenvalue weighted by Gasteiger charge is -2.31. The highest BCUT2D eigenvalue weighted by atomic mass is 17.2. The highest BCUT2D eigenvalue weighted by Crippen LogP contribution is 2.31. The predicted octanol–water partition coefficient (Wildman–Crippen LogP) is 6.21. The zero-order valence-electron chi connectivity index (χ0n) is 18.7. The number of carbonyl (C=O) groups is 1. The molecule has 0 fully saturated rings. The molecule has 0 aliphatic heterocycles. The summed E-state index contributed by atoms with van der Waals surface area (Å²) >= 11 is 0. The quantitative estimate of drug-likeness (QED) is 0.335. The monoisotopic (exact) mass is 422 g/mol. The van der Waals surface area contributed by atoms with Crippen LogP contribution in [0.2, 0.25) is 0 Å². The second kappa shape index (κ2) is 11.4. The van der Waals surface area contributed by atoms with E-state index in [9.17, 15) is 4.79 Å². The minimum Gasteiger partial charge on any atom is -0.293 e. The molecule has 0 heterocycles. The number of rotatable bonds is 7. The third-order valence-corrected chi connectivity index (χ3v) is 4.56. The van der Waals surface area contributed by atoms with E-state index in [1.165, 1.54) is 7.11 Å². The van der Waals surface area contributed by atoms with E-state index in [4.69, 9.17) is 9.78 Å². The fourth-order valence-electron chi connectivity index (χ4n) is 2.68. The number of benzene rings is 3. The second-order valence-electron chi connectivity index (χ2n) is 7.82. The molecule has 3 aromatic rings. The lowest BCUT2D eigenvalue weighted by molar-refractivity contribution is -0.410. The third-order valence-electron chi connectivity index (χ3n) is 4.56. The van der Waals surface area contributed by atoms with Gasteiger partial charge in [-0.25, -0.2) is 14.6 Å². The van der Waals surface area contributed by atoms with Gasteiger partial charge in [-0.15, -0.1) is 0 Å². The van der Waals surface area contributed by atoms with Crippen LogP contribution in [0, 0.1) is 0 Å². The first-order valence-electron chi connectivity index (χ1n) is 10.0. The smallest absolute Gasteiger partial charge is 0.293 e. The molecule has 0 N–H and O–H groups in total. The standard InChI is InChI=1S/C18H22O2.C8H8O3/c1-17(2,15-11-7-5-8-12-15)19-20-18(3,4)16-13-9-6-10-14-16;1-10-11-8(9)7-5-3-2-4-6-7/h5-14H,1-4H3;2-6H,1H3. The molecule has 0 saturated carbocycles. The van der Waals surface area contributed by atoms with Gasteiger partial charge in [0.25, 0.3) is 0 Å². The molecule has 31 heavy (non-hydrogen) atoms. The first kappa shape index (κ1) is 24.3. The van der Waals surface area contributed by atoms with E-state index in [0.717, 1.165) is 11.1 Å². The van der Waals surface area contributed by atoms with Crippen LogP contribution in [-0.4, -0.2) is 13.1 Å².